The summed E-state index contributed by atoms with van der Waals surface area (Å²) in [5.74, 6) is 1.83. The van der Waals surface area contributed by atoms with Gasteiger partial charge in [0.1, 0.15) is 6.10 Å². The third kappa shape index (κ3) is 4.97. The Kier molecular flexibility index (Phi) is 7.18. The summed E-state index contributed by atoms with van der Waals surface area (Å²) in [5.41, 5.74) is 0.661. The summed E-state index contributed by atoms with van der Waals surface area (Å²) in [5, 5.41) is 0. The van der Waals surface area contributed by atoms with Gasteiger partial charge in [-0.05, 0) is 51.3 Å². The molecule has 1 aromatic rings. The lowest BCUT2D eigenvalue weighted by atomic mass is 10.1. The lowest BCUT2D eigenvalue weighted by Crippen LogP contribution is -2.41. The number of amides is 1. The van der Waals surface area contributed by atoms with E-state index in [4.69, 9.17) is 14.2 Å². The Morgan fingerprint density at radius 2 is 1.86 bits per heavy atom. The summed E-state index contributed by atoms with van der Waals surface area (Å²) in [6.07, 6.45) is 3.13. The number of carbonyl (C=O) groups is 1. The Morgan fingerprint density at radius 3 is 2.50 bits per heavy atom. The maximum atomic E-state index is 12.9. The van der Waals surface area contributed by atoms with E-state index in [1.165, 1.54) is 0 Å². The summed E-state index contributed by atoms with van der Waals surface area (Å²) < 4.78 is 17.0. The highest BCUT2D eigenvalue weighted by atomic mass is 16.5. The Labute approximate surface area is 168 Å². The molecule has 0 aliphatic carbocycles. The second-order valence-electron chi connectivity index (χ2n) is 8.17. The molecule has 2 saturated heterocycles. The Balaban J connectivity index is 1.66. The molecule has 6 nitrogen and oxygen atoms in total. The van der Waals surface area contributed by atoms with Gasteiger partial charge < -0.3 is 24.0 Å². The highest BCUT2D eigenvalue weighted by molar-refractivity contribution is 5.95. The Hall–Kier alpha value is -1.79. The van der Waals surface area contributed by atoms with Crippen LogP contribution in [0.1, 0.15) is 43.5 Å². The molecule has 2 fully saturated rings. The predicted octanol–water partition coefficient (Wildman–Crippen LogP) is 3.06. The van der Waals surface area contributed by atoms with Crippen molar-refractivity contribution in [1.29, 1.82) is 0 Å². The molecule has 28 heavy (non-hydrogen) atoms. The van der Waals surface area contributed by atoms with Crippen LogP contribution in [0.15, 0.2) is 18.2 Å². The Morgan fingerprint density at radius 1 is 1.11 bits per heavy atom. The van der Waals surface area contributed by atoms with Gasteiger partial charge in [-0.3, -0.25) is 4.79 Å². The fourth-order valence-corrected chi connectivity index (χ4v) is 4.16. The molecule has 2 aliphatic heterocycles. The quantitative estimate of drug-likeness (QED) is 0.716. The first-order valence-corrected chi connectivity index (χ1v) is 10.4. The van der Waals surface area contributed by atoms with Crippen LogP contribution >= 0.6 is 0 Å². The largest absolute Gasteiger partial charge is 0.493 e. The first-order valence-electron chi connectivity index (χ1n) is 10.4. The molecule has 3 rings (SSSR count). The number of likely N-dealkylation sites (tertiary alicyclic amines) is 2. The van der Waals surface area contributed by atoms with Crippen LogP contribution < -0.4 is 9.47 Å². The van der Waals surface area contributed by atoms with E-state index >= 15 is 0 Å². The number of carbonyl (C=O) groups excluding carboxylic acids is 1. The number of ether oxygens (including phenoxy) is 3. The highest BCUT2D eigenvalue weighted by Gasteiger charge is 2.28. The molecule has 2 heterocycles. The van der Waals surface area contributed by atoms with E-state index in [-0.39, 0.29) is 12.0 Å². The minimum atomic E-state index is 0.0562. The highest BCUT2D eigenvalue weighted by Crippen LogP contribution is 2.32. The second-order valence-corrected chi connectivity index (χ2v) is 8.17. The molecule has 2 aliphatic rings. The normalized spacial score (nSPS) is 21.3. The maximum Gasteiger partial charge on any atom is 0.254 e. The van der Waals surface area contributed by atoms with Crippen LogP contribution in [0.4, 0.5) is 0 Å². The van der Waals surface area contributed by atoms with Crippen LogP contribution in [-0.4, -0.2) is 74.9 Å². The number of piperidine rings is 1. The first-order chi connectivity index (χ1) is 13.5. The van der Waals surface area contributed by atoms with Crippen molar-refractivity contribution in [3.8, 4) is 11.5 Å². The molecule has 0 N–H and O–H groups in total. The van der Waals surface area contributed by atoms with E-state index < -0.39 is 0 Å². The van der Waals surface area contributed by atoms with Crippen LogP contribution in [0.25, 0.3) is 0 Å². The van der Waals surface area contributed by atoms with Gasteiger partial charge in [-0.1, -0.05) is 0 Å². The minimum Gasteiger partial charge on any atom is -0.493 e. The number of hydrogen-bond donors (Lipinski definition) is 0. The van der Waals surface area contributed by atoms with Crippen LogP contribution in [0.5, 0.6) is 11.5 Å². The van der Waals surface area contributed by atoms with E-state index in [2.05, 4.69) is 18.7 Å². The fraction of sp³-hybridized carbons (Fsp3) is 0.682. The minimum absolute atomic E-state index is 0.0562. The number of hydrogen-bond acceptors (Lipinski definition) is 5. The fourth-order valence-electron chi connectivity index (χ4n) is 4.16. The van der Waals surface area contributed by atoms with Crippen LogP contribution in [0, 0.1) is 5.92 Å². The molecule has 0 aromatic heterocycles. The summed E-state index contributed by atoms with van der Waals surface area (Å²) in [4.78, 5) is 17.3. The molecule has 0 unspecified atom stereocenters. The lowest BCUT2D eigenvalue weighted by molar-refractivity contribution is 0.0764. The number of benzene rings is 1. The van der Waals surface area contributed by atoms with Crippen molar-refractivity contribution in [3.05, 3.63) is 23.8 Å². The van der Waals surface area contributed by atoms with E-state index in [0.29, 0.717) is 35.6 Å². The summed E-state index contributed by atoms with van der Waals surface area (Å²) in [6.45, 7) is 8.78. The van der Waals surface area contributed by atoms with Crippen molar-refractivity contribution in [3.63, 3.8) is 0 Å². The van der Waals surface area contributed by atoms with E-state index in [9.17, 15) is 4.79 Å². The zero-order valence-electron chi connectivity index (χ0n) is 17.6. The van der Waals surface area contributed by atoms with E-state index in [0.717, 1.165) is 45.4 Å². The molecule has 1 amide bonds. The smallest absolute Gasteiger partial charge is 0.254 e. The molecule has 0 spiro atoms. The summed E-state index contributed by atoms with van der Waals surface area (Å²) in [6, 6.07) is 6.09. The van der Waals surface area contributed by atoms with Crippen molar-refractivity contribution in [2.24, 2.45) is 5.92 Å². The summed E-state index contributed by atoms with van der Waals surface area (Å²) >= 11 is 0. The van der Waals surface area contributed by atoms with Crippen LogP contribution in [0.2, 0.25) is 0 Å². The molecule has 1 aromatic carbocycles. The van der Waals surface area contributed by atoms with Gasteiger partial charge in [0.15, 0.2) is 11.5 Å². The number of methoxy groups -OCH3 is 2. The van der Waals surface area contributed by atoms with Crippen LogP contribution in [-0.2, 0) is 4.74 Å². The predicted molar refractivity (Wildman–Crippen MR) is 109 cm³/mol. The van der Waals surface area contributed by atoms with E-state index in [1.54, 1.807) is 14.2 Å². The van der Waals surface area contributed by atoms with Crippen LogP contribution in [0.3, 0.4) is 0 Å². The zero-order chi connectivity index (χ0) is 20.1. The third-order valence-corrected chi connectivity index (χ3v) is 5.89. The SMILES string of the molecule is COC[C@@H]1CCN(C(=O)c2ccc(OC)c(OC3CCN(C(C)C)CC3)c2)C1. The maximum absolute atomic E-state index is 12.9. The monoisotopic (exact) mass is 390 g/mol. The third-order valence-electron chi connectivity index (χ3n) is 5.89. The van der Waals surface area contributed by atoms with Crippen molar-refractivity contribution in [2.75, 3.05) is 47.0 Å². The average molecular weight is 391 g/mol. The molecular formula is C22H34N2O4. The average Bonchev–Trinajstić information content (AvgIpc) is 3.16. The van der Waals surface area contributed by atoms with Gasteiger partial charge in [0.2, 0.25) is 0 Å². The molecule has 156 valence electrons. The van der Waals surface area contributed by atoms with Crippen molar-refractivity contribution < 1.29 is 19.0 Å². The van der Waals surface area contributed by atoms with Crippen molar-refractivity contribution >= 4 is 5.91 Å². The lowest BCUT2D eigenvalue weighted by Gasteiger charge is -2.34. The number of rotatable bonds is 7. The van der Waals surface area contributed by atoms with E-state index in [1.807, 2.05) is 23.1 Å². The van der Waals surface area contributed by atoms with Gasteiger partial charge >= 0.3 is 0 Å². The molecule has 0 bridgehead atoms. The first kappa shape index (κ1) is 20.9. The molecule has 6 heteroatoms. The zero-order valence-corrected chi connectivity index (χ0v) is 17.6. The summed E-state index contributed by atoms with van der Waals surface area (Å²) in [7, 11) is 3.35. The van der Waals surface area contributed by atoms with Crippen molar-refractivity contribution in [2.45, 2.75) is 45.3 Å². The Bertz CT molecular complexity index is 656. The van der Waals surface area contributed by atoms with Gasteiger partial charge in [0.25, 0.3) is 5.91 Å². The molecule has 0 saturated carbocycles. The van der Waals surface area contributed by atoms with Gasteiger partial charge in [0.05, 0.1) is 13.7 Å². The van der Waals surface area contributed by atoms with Gasteiger partial charge in [-0.2, -0.15) is 0 Å². The second kappa shape index (κ2) is 9.61. The molecule has 1 atom stereocenters. The molecular weight excluding hydrogens is 356 g/mol. The van der Waals surface area contributed by atoms with Gasteiger partial charge in [0, 0.05) is 50.8 Å². The van der Waals surface area contributed by atoms with Crippen molar-refractivity contribution in [1.82, 2.24) is 9.80 Å². The van der Waals surface area contributed by atoms with Gasteiger partial charge in [-0.15, -0.1) is 0 Å². The number of nitrogens with zero attached hydrogens (tertiary/aromatic N) is 2. The molecule has 0 radical (unpaired) electrons. The standard InChI is InChI=1S/C22H34N2O4/c1-16(2)23-11-8-19(9-12-23)28-21-13-18(5-6-20(21)27-4)22(25)24-10-7-17(14-24)15-26-3/h5-6,13,16-17,19H,7-12,14-15H2,1-4H3/t17-/m1/s1. The van der Waals surface area contributed by atoms with Gasteiger partial charge in [-0.25, -0.2) is 0 Å². The topological polar surface area (TPSA) is 51.2 Å².